The molecule has 0 bridgehead atoms. The molecule has 42 heavy (non-hydrogen) atoms. The number of ether oxygens (including phenoxy) is 2. The Morgan fingerprint density at radius 2 is 1.93 bits per heavy atom. The molecule has 2 atom stereocenters. The number of aliphatic hydroxyl groups excluding tert-OH is 1. The Labute approximate surface area is 250 Å². The molecule has 2 heterocycles. The van der Waals surface area contributed by atoms with E-state index in [1.807, 2.05) is 47.2 Å². The van der Waals surface area contributed by atoms with Crippen LogP contribution in [0.2, 0.25) is 0 Å². The highest BCUT2D eigenvalue weighted by molar-refractivity contribution is 7.98. The summed E-state index contributed by atoms with van der Waals surface area (Å²) in [6, 6.07) is 14.3. The third kappa shape index (κ3) is 7.32. The molecule has 3 N–H and O–H groups in total. The normalized spacial score (nSPS) is 19.2. The summed E-state index contributed by atoms with van der Waals surface area (Å²) in [5.41, 5.74) is 3.49. The van der Waals surface area contributed by atoms with E-state index in [2.05, 4.69) is 33.4 Å². The number of nitrogens with zero attached hydrogens (tertiary/aromatic N) is 2. The zero-order chi connectivity index (χ0) is 29.7. The maximum absolute atomic E-state index is 14.0. The number of piperidine rings is 1. The van der Waals surface area contributed by atoms with Crippen LogP contribution in [-0.2, 0) is 11.3 Å². The van der Waals surface area contributed by atoms with Gasteiger partial charge in [0.2, 0.25) is 0 Å². The molecule has 5 rings (SSSR count). The van der Waals surface area contributed by atoms with E-state index >= 15 is 0 Å². The summed E-state index contributed by atoms with van der Waals surface area (Å²) in [6.45, 7) is 3.35. The quantitative estimate of drug-likeness (QED) is 0.191. The maximum Gasteiger partial charge on any atom is 0.253 e. The van der Waals surface area contributed by atoms with Crippen LogP contribution in [0.15, 0.2) is 47.4 Å². The minimum atomic E-state index is -2.61. The largest absolute Gasteiger partial charge is 0.495 e. The fraction of sp³-hybridized carbons (Fsp3) is 0.500. The number of methoxy groups -OCH3 is 2. The van der Waals surface area contributed by atoms with Crippen LogP contribution in [0.1, 0.15) is 25.0 Å². The van der Waals surface area contributed by atoms with E-state index in [1.165, 1.54) is 0 Å². The van der Waals surface area contributed by atoms with Gasteiger partial charge in [0.05, 0.1) is 43.3 Å². The number of thioether (sulfide) groups is 1. The van der Waals surface area contributed by atoms with Gasteiger partial charge in [-0.05, 0) is 61.4 Å². The molecule has 3 aromatic rings. The molecule has 226 valence electrons. The van der Waals surface area contributed by atoms with Gasteiger partial charge in [-0.15, -0.1) is 11.8 Å². The number of alkyl halides is 2. The molecule has 1 saturated carbocycles. The number of β-amino-alcohol motifs (C(OH)–C–C–N with tert-alkyl or cyclic N) is 1. The summed E-state index contributed by atoms with van der Waals surface area (Å²) in [7, 11) is 3.24. The van der Waals surface area contributed by atoms with Crippen molar-refractivity contribution >= 4 is 34.0 Å². The Hall–Kier alpha value is -2.97. The molecular formula is C32H40F2N4O3S. The Bertz CT molecular complexity index is 1430. The Morgan fingerprint density at radius 1 is 1.14 bits per heavy atom. The van der Waals surface area contributed by atoms with Crippen LogP contribution in [-0.4, -0.2) is 85.9 Å². The van der Waals surface area contributed by atoms with E-state index < -0.39 is 17.9 Å². The van der Waals surface area contributed by atoms with Gasteiger partial charge < -0.3 is 34.7 Å². The lowest BCUT2D eigenvalue weighted by molar-refractivity contribution is 0.0327. The number of hydrogen-bond acceptors (Lipinski definition) is 7. The first kappa shape index (κ1) is 30.5. The Morgan fingerprint density at radius 3 is 2.62 bits per heavy atom. The van der Waals surface area contributed by atoms with Crippen molar-refractivity contribution in [2.75, 3.05) is 63.9 Å². The standard InChI is InChI=1S/C32H40F2N4O3S/c1-40-21-25(39)20-37-14-11-23(12-15-37)36-28-7-4-8-30-27(28)16-24(38(30)19-22-18-32(22,33)34)6-5-13-35-29-10-9-26(42-3)17-31(29)41-2/h4,7-10,16-17,22-23,25,35-36,39H,11-15,18-21H2,1-3H3. The number of halogens is 2. The van der Waals surface area contributed by atoms with Crippen molar-refractivity contribution in [1.82, 2.24) is 9.47 Å². The SMILES string of the molecule is COCC(O)CN1CCC(Nc2cccc3c2cc(C#CCNc2ccc(SC)cc2OC)n3CC2CC2(F)F)CC1. The Balaban J connectivity index is 1.31. The average Bonchev–Trinajstić information content (AvgIpc) is 3.43. The van der Waals surface area contributed by atoms with Gasteiger partial charge in [-0.1, -0.05) is 12.0 Å². The second kappa shape index (κ2) is 13.6. The van der Waals surface area contributed by atoms with E-state index in [-0.39, 0.29) is 19.0 Å². The molecule has 2 unspecified atom stereocenters. The van der Waals surface area contributed by atoms with Crippen LogP contribution >= 0.6 is 11.8 Å². The fourth-order valence-electron chi connectivity index (χ4n) is 5.64. The Kier molecular flexibility index (Phi) is 9.84. The van der Waals surface area contributed by atoms with Crippen molar-refractivity contribution < 1.29 is 23.4 Å². The van der Waals surface area contributed by atoms with Crippen molar-refractivity contribution in [2.24, 2.45) is 5.92 Å². The van der Waals surface area contributed by atoms with E-state index in [0.717, 1.165) is 64.5 Å². The number of fused-ring (bicyclic) bond motifs is 1. The number of aliphatic hydroxyl groups is 1. The lowest BCUT2D eigenvalue weighted by Gasteiger charge is -2.34. The summed E-state index contributed by atoms with van der Waals surface area (Å²) < 4.78 is 40.5. The highest BCUT2D eigenvalue weighted by Crippen LogP contribution is 2.50. The molecule has 2 fully saturated rings. The first-order chi connectivity index (χ1) is 20.3. The summed E-state index contributed by atoms with van der Waals surface area (Å²) in [5, 5.41) is 18.1. The van der Waals surface area contributed by atoms with E-state index in [0.29, 0.717) is 19.7 Å². The van der Waals surface area contributed by atoms with Crippen LogP contribution in [0.25, 0.3) is 10.9 Å². The van der Waals surface area contributed by atoms with Crippen LogP contribution in [0.5, 0.6) is 5.75 Å². The van der Waals surface area contributed by atoms with Crippen LogP contribution in [0, 0.1) is 17.8 Å². The van der Waals surface area contributed by atoms with Crippen molar-refractivity contribution in [3.05, 3.63) is 48.2 Å². The van der Waals surface area contributed by atoms with Crippen LogP contribution in [0.4, 0.5) is 20.2 Å². The highest BCUT2D eigenvalue weighted by atomic mass is 32.2. The smallest absolute Gasteiger partial charge is 0.253 e. The zero-order valence-corrected chi connectivity index (χ0v) is 25.3. The van der Waals surface area contributed by atoms with Crippen molar-refractivity contribution in [3.8, 4) is 17.6 Å². The minimum absolute atomic E-state index is 0.0808. The van der Waals surface area contributed by atoms with Gasteiger partial charge in [0.15, 0.2) is 0 Å². The highest BCUT2D eigenvalue weighted by Gasteiger charge is 2.56. The van der Waals surface area contributed by atoms with E-state index in [9.17, 15) is 13.9 Å². The number of benzene rings is 2. The topological polar surface area (TPSA) is 70.9 Å². The van der Waals surface area contributed by atoms with Gasteiger partial charge in [0, 0.05) is 67.6 Å². The third-order valence-corrected chi connectivity index (χ3v) is 8.80. The van der Waals surface area contributed by atoms with Gasteiger partial charge in [-0.25, -0.2) is 8.78 Å². The summed E-state index contributed by atoms with van der Waals surface area (Å²) in [6.07, 6.45) is 3.35. The number of aromatic nitrogens is 1. The van der Waals surface area contributed by atoms with Gasteiger partial charge >= 0.3 is 0 Å². The fourth-order valence-corrected chi connectivity index (χ4v) is 6.07. The number of nitrogens with one attached hydrogen (secondary N) is 2. The molecule has 1 aliphatic heterocycles. The zero-order valence-electron chi connectivity index (χ0n) is 24.5. The molecule has 2 aromatic carbocycles. The van der Waals surface area contributed by atoms with Gasteiger partial charge in [-0.2, -0.15) is 0 Å². The van der Waals surface area contributed by atoms with E-state index in [4.69, 9.17) is 9.47 Å². The molecule has 7 nitrogen and oxygen atoms in total. The number of hydrogen-bond donors (Lipinski definition) is 3. The molecular weight excluding hydrogens is 558 g/mol. The first-order valence-electron chi connectivity index (χ1n) is 14.4. The van der Waals surface area contributed by atoms with Crippen LogP contribution in [0.3, 0.4) is 0 Å². The molecule has 0 amide bonds. The second-order valence-electron chi connectivity index (χ2n) is 11.1. The van der Waals surface area contributed by atoms with E-state index in [1.54, 1.807) is 26.0 Å². The number of likely N-dealkylation sites (tertiary alicyclic amines) is 1. The molecule has 1 aliphatic carbocycles. The molecule has 0 spiro atoms. The van der Waals surface area contributed by atoms with Gasteiger partial charge in [0.25, 0.3) is 5.92 Å². The predicted molar refractivity (Wildman–Crippen MR) is 166 cm³/mol. The second-order valence-corrected chi connectivity index (χ2v) is 12.0. The molecule has 0 radical (unpaired) electrons. The minimum Gasteiger partial charge on any atom is -0.495 e. The van der Waals surface area contributed by atoms with Crippen LogP contribution < -0.4 is 15.4 Å². The molecule has 1 saturated heterocycles. The average molecular weight is 599 g/mol. The molecule has 2 aliphatic rings. The summed E-state index contributed by atoms with van der Waals surface area (Å²) in [4.78, 5) is 3.38. The summed E-state index contributed by atoms with van der Waals surface area (Å²) in [5.74, 6) is 3.92. The molecule has 10 heteroatoms. The molecule has 1 aromatic heterocycles. The van der Waals surface area contributed by atoms with Gasteiger partial charge in [-0.3, -0.25) is 0 Å². The van der Waals surface area contributed by atoms with Crippen molar-refractivity contribution in [3.63, 3.8) is 0 Å². The maximum atomic E-state index is 14.0. The predicted octanol–water partition coefficient (Wildman–Crippen LogP) is 5.37. The monoisotopic (exact) mass is 598 g/mol. The number of rotatable bonds is 12. The van der Waals surface area contributed by atoms with Crippen molar-refractivity contribution in [1.29, 1.82) is 0 Å². The van der Waals surface area contributed by atoms with Gasteiger partial charge in [0.1, 0.15) is 5.75 Å². The van der Waals surface area contributed by atoms with Crippen molar-refractivity contribution in [2.45, 2.75) is 48.8 Å². The lowest BCUT2D eigenvalue weighted by atomic mass is 10.0. The first-order valence-corrected chi connectivity index (χ1v) is 15.6. The third-order valence-electron chi connectivity index (χ3n) is 8.07. The lowest BCUT2D eigenvalue weighted by Crippen LogP contribution is -2.43. The number of anilines is 2. The summed E-state index contributed by atoms with van der Waals surface area (Å²) >= 11 is 1.65.